The maximum Gasteiger partial charge on any atom is 0.120 e. The molecule has 0 saturated heterocycles. The molecule has 106 valence electrons. The van der Waals surface area contributed by atoms with Crippen LogP contribution >= 0.6 is 11.6 Å². The lowest BCUT2D eigenvalue weighted by Crippen LogP contribution is -2.22. The zero-order valence-corrected chi connectivity index (χ0v) is 12.8. The lowest BCUT2D eigenvalue weighted by molar-refractivity contribution is 0.438. The summed E-state index contributed by atoms with van der Waals surface area (Å²) in [6.07, 6.45) is 0. The first-order valence-electron chi connectivity index (χ1n) is 6.78. The predicted octanol–water partition coefficient (Wildman–Crippen LogP) is 4.77. The Hall–Kier alpha value is -1.51. The van der Waals surface area contributed by atoms with E-state index in [1.807, 2.05) is 50.2 Å². The van der Waals surface area contributed by atoms with Crippen LogP contribution in [0.25, 0.3) is 0 Å². The first kappa shape index (κ1) is 14.9. The van der Waals surface area contributed by atoms with E-state index < -0.39 is 0 Å². The summed E-state index contributed by atoms with van der Waals surface area (Å²) in [5.41, 5.74) is 3.10. The Morgan fingerprint density at radius 2 is 1.80 bits per heavy atom. The standard InChI is InChI=1S/C17H20ClNO/c1-11-7-8-16(17(20)9-11)13(3)19-12(2)14-5-4-6-15(18)10-14/h4-10,12-13,19-20H,1-3H3/t12-,13?/m1/s1. The first-order chi connectivity index (χ1) is 9.47. The lowest BCUT2D eigenvalue weighted by Gasteiger charge is -2.22. The summed E-state index contributed by atoms with van der Waals surface area (Å²) in [4.78, 5) is 0. The highest BCUT2D eigenvalue weighted by atomic mass is 35.5. The molecule has 0 fully saturated rings. The number of hydrogen-bond donors (Lipinski definition) is 2. The van der Waals surface area contributed by atoms with Gasteiger partial charge in [-0.3, -0.25) is 0 Å². The molecule has 2 aromatic rings. The molecule has 2 N–H and O–H groups in total. The van der Waals surface area contributed by atoms with E-state index in [4.69, 9.17) is 11.6 Å². The fourth-order valence-electron chi connectivity index (χ4n) is 2.36. The molecule has 0 aliphatic heterocycles. The molecule has 1 unspecified atom stereocenters. The number of aromatic hydroxyl groups is 1. The molecule has 0 saturated carbocycles. The molecule has 0 aromatic heterocycles. The van der Waals surface area contributed by atoms with Crippen molar-refractivity contribution in [2.24, 2.45) is 0 Å². The second kappa shape index (κ2) is 6.29. The van der Waals surface area contributed by atoms with E-state index >= 15 is 0 Å². The van der Waals surface area contributed by atoms with Crippen LogP contribution in [0, 0.1) is 6.92 Å². The SMILES string of the molecule is Cc1ccc(C(C)N[C@H](C)c2cccc(Cl)c2)c(O)c1. The Bertz CT molecular complexity index is 597. The van der Waals surface area contributed by atoms with Crippen LogP contribution in [0.3, 0.4) is 0 Å². The van der Waals surface area contributed by atoms with Gasteiger partial charge in [-0.2, -0.15) is 0 Å². The highest BCUT2D eigenvalue weighted by molar-refractivity contribution is 6.30. The Morgan fingerprint density at radius 3 is 2.45 bits per heavy atom. The third-order valence-corrected chi connectivity index (χ3v) is 3.74. The van der Waals surface area contributed by atoms with Crippen molar-refractivity contribution in [2.45, 2.75) is 32.9 Å². The van der Waals surface area contributed by atoms with Gasteiger partial charge in [0.15, 0.2) is 0 Å². The van der Waals surface area contributed by atoms with Crippen LogP contribution in [0.5, 0.6) is 5.75 Å². The molecule has 2 aromatic carbocycles. The molecule has 0 aliphatic rings. The number of phenolic OH excluding ortho intramolecular Hbond substituents is 1. The highest BCUT2D eigenvalue weighted by Crippen LogP contribution is 2.27. The fraction of sp³-hybridized carbons (Fsp3) is 0.294. The molecule has 2 rings (SSSR count). The molecule has 2 atom stereocenters. The summed E-state index contributed by atoms with van der Waals surface area (Å²) >= 11 is 6.02. The summed E-state index contributed by atoms with van der Waals surface area (Å²) in [6.45, 7) is 6.11. The van der Waals surface area contributed by atoms with Gasteiger partial charge in [0.2, 0.25) is 0 Å². The summed E-state index contributed by atoms with van der Waals surface area (Å²) in [5, 5.41) is 14.2. The topological polar surface area (TPSA) is 32.3 Å². The van der Waals surface area contributed by atoms with E-state index in [0.717, 1.165) is 21.7 Å². The van der Waals surface area contributed by atoms with Crippen LogP contribution < -0.4 is 5.32 Å². The van der Waals surface area contributed by atoms with Gasteiger partial charge in [-0.1, -0.05) is 35.9 Å². The van der Waals surface area contributed by atoms with E-state index in [-0.39, 0.29) is 12.1 Å². The fourth-order valence-corrected chi connectivity index (χ4v) is 2.56. The summed E-state index contributed by atoms with van der Waals surface area (Å²) in [7, 11) is 0. The van der Waals surface area contributed by atoms with Crippen molar-refractivity contribution in [1.82, 2.24) is 5.32 Å². The van der Waals surface area contributed by atoms with Crippen molar-refractivity contribution in [3.8, 4) is 5.75 Å². The minimum absolute atomic E-state index is 0.0598. The second-order valence-electron chi connectivity index (χ2n) is 5.23. The van der Waals surface area contributed by atoms with Gasteiger partial charge >= 0.3 is 0 Å². The van der Waals surface area contributed by atoms with Crippen LogP contribution in [0.2, 0.25) is 5.02 Å². The smallest absolute Gasteiger partial charge is 0.120 e. The molecule has 0 radical (unpaired) electrons. The lowest BCUT2D eigenvalue weighted by atomic mass is 10.0. The second-order valence-corrected chi connectivity index (χ2v) is 5.66. The zero-order valence-electron chi connectivity index (χ0n) is 12.0. The van der Waals surface area contributed by atoms with Crippen LogP contribution in [-0.4, -0.2) is 5.11 Å². The minimum Gasteiger partial charge on any atom is -0.508 e. The Labute approximate surface area is 125 Å². The Kier molecular flexibility index (Phi) is 4.69. The number of phenols is 1. The molecular formula is C17H20ClNO. The van der Waals surface area contributed by atoms with Gasteiger partial charge < -0.3 is 10.4 Å². The van der Waals surface area contributed by atoms with Gasteiger partial charge in [0.25, 0.3) is 0 Å². The van der Waals surface area contributed by atoms with Crippen molar-refractivity contribution in [2.75, 3.05) is 0 Å². The van der Waals surface area contributed by atoms with E-state index in [9.17, 15) is 5.11 Å². The van der Waals surface area contributed by atoms with Gasteiger partial charge in [-0.05, 0) is 50.1 Å². The van der Waals surface area contributed by atoms with E-state index in [0.29, 0.717) is 5.75 Å². The van der Waals surface area contributed by atoms with E-state index in [1.165, 1.54) is 0 Å². The van der Waals surface area contributed by atoms with Crippen molar-refractivity contribution < 1.29 is 5.11 Å². The average Bonchev–Trinajstić information content (AvgIpc) is 2.38. The van der Waals surface area contributed by atoms with E-state index in [2.05, 4.69) is 12.2 Å². The minimum atomic E-state index is 0.0598. The first-order valence-corrected chi connectivity index (χ1v) is 7.16. The summed E-state index contributed by atoms with van der Waals surface area (Å²) in [6, 6.07) is 13.8. The van der Waals surface area contributed by atoms with Gasteiger partial charge in [-0.25, -0.2) is 0 Å². The monoisotopic (exact) mass is 289 g/mol. The number of hydrogen-bond acceptors (Lipinski definition) is 2. The van der Waals surface area contributed by atoms with Crippen molar-refractivity contribution >= 4 is 11.6 Å². The van der Waals surface area contributed by atoms with Crippen molar-refractivity contribution in [1.29, 1.82) is 0 Å². The molecule has 0 spiro atoms. The maximum absolute atomic E-state index is 10.0. The van der Waals surface area contributed by atoms with E-state index in [1.54, 1.807) is 6.07 Å². The number of nitrogens with one attached hydrogen (secondary N) is 1. The molecule has 0 heterocycles. The quantitative estimate of drug-likeness (QED) is 0.850. The summed E-state index contributed by atoms with van der Waals surface area (Å²) < 4.78 is 0. The third-order valence-electron chi connectivity index (χ3n) is 3.50. The third kappa shape index (κ3) is 3.53. The summed E-state index contributed by atoms with van der Waals surface area (Å²) in [5.74, 6) is 0.336. The maximum atomic E-state index is 10.0. The van der Waals surface area contributed by atoms with Crippen LogP contribution in [0.4, 0.5) is 0 Å². The molecule has 0 aliphatic carbocycles. The van der Waals surface area contributed by atoms with Crippen molar-refractivity contribution in [3.63, 3.8) is 0 Å². The van der Waals surface area contributed by atoms with Gasteiger partial charge in [-0.15, -0.1) is 0 Å². The van der Waals surface area contributed by atoms with Gasteiger partial charge in [0.1, 0.15) is 5.75 Å². The predicted molar refractivity (Wildman–Crippen MR) is 84.3 cm³/mol. The zero-order chi connectivity index (χ0) is 14.7. The average molecular weight is 290 g/mol. The van der Waals surface area contributed by atoms with Crippen molar-refractivity contribution in [3.05, 3.63) is 64.2 Å². The number of benzene rings is 2. The Balaban J connectivity index is 2.12. The largest absolute Gasteiger partial charge is 0.508 e. The molecule has 0 amide bonds. The molecule has 0 bridgehead atoms. The normalized spacial score (nSPS) is 14.0. The molecule has 2 nitrogen and oxygen atoms in total. The number of rotatable bonds is 4. The van der Waals surface area contributed by atoms with Gasteiger partial charge in [0.05, 0.1) is 0 Å². The van der Waals surface area contributed by atoms with Crippen LogP contribution in [0.15, 0.2) is 42.5 Å². The Morgan fingerprint density at radius 1 is 1.05 bits per heavy atom. The number of aryl methyl sites for hydroxylation is 1. The van der Waals surface area contributed by atoms with Gasteiger partial charge in [0, 0.05) is 22.7 Å². The van der Waals surface area contributed by atoms with Crippen LogP contribution in [-0.2, 0) is 0 Å². The number of halogens is 1. The highest BCUT2D eigenvalue weighted by Gasteiger charge is 2.14. The molecular weight excluding hydrogens is 270 g/mol. The molecule has 3 heteroatoms. The van der Waals surface area contributed by atoms with Crippen LogP contribution in [0.1, 0.15) is 42.6 Å². The molecule has 20 heavy (non-hydrogen) atoms.